The highest BCUT2D eigenvalue weighted by atomic mass is 79.9. The quantitative estimate of drug-likeness (QED) is 0.460. The molecule has 0 heterocycles. The third-order valence-corrected chi connectivity index (χ3v) is 5.20. The predicted molar refractivity (Wildman–Crippen MR) is 107 cm³/mol. The average molecular weight is 457 g/mol. The van der Waals surface area contributed by atoms with Crippen LogP contribution in [0.4, 0.5) is 0 Å². The van der Waals surface area contributed by atoms with Gasteiger partial charge in [-0.05, 0) is 71.7 Å². The molecule has 0 saturated carbocycles. The summed E-state index contributed by atoms with van der Waals surface area (Å²) >= 11 is 3.43. The Morgan fingerprint density at radius 2 is 1.78 bits per heavy atom. The van der Waals surface area contributed by atoms with E-state index in [1.54, 1.807) is 24.3 Å². The zero-order chi connectivity index (χ0) is 19.9. The molecule has 0 aliphatic rings. The molecule has 0 aliphatic carbocycles. The molecule has 146 valence electrons. The number of methoxy groups -OCH3 is 1. The first-order valence-corrected chi connectivity index (χ1v) is 10.5. The monoisotopic (exact) mass is 456 g/mol. The molecule has 9 heteroatoms. The number of rotatable bonds is 9. The first-order chi connectivity index (χ1) is 12.9. The van der Waals surface area contributed by atoms with Crippen molar-refractivity contribution in [1.29, 1.82) is 0 Å². The van der Waals surface area contributed by atoms with Gasteiger partial charge in [0.2, 0.25) is 0 Å². The van der Waals surface area contributed by atoms with Gasteiger partial charge in [0.25, 0.3) is 10.0 Å². The second-order valence-corrected chi connectivity index (χ2v) is 7.74. The van der Waals surface area contributed by atoms with Crippen LogP contribution in [0.5, 0.6) is 17.2 Å². The number of hydrogen-bond acceptors (Lipinski definition) is 6. The lowest BCUT2D eigenvalue weighted by molar-refractivity contribution is 0.286. The third-order valence-electron chi connectivity index (χ3n) is 3.38. The molecule has 0 fully saturated rings. The van der Waals surface area contributed by atoms with Crippen LogP contribution in [0.15, 0.2) is 50.9 Å². The number of halogens is 1. The van der Waals surface area contributed by atoms with Gasteiger partial charge >= 0.3 is 0 Å². The van der Waals surface area contributed by atoms with Crippen LogP contribution in [0.2, 0.25) is 0 Å². The van der Waals surface area contributed by atoms with Crippen LogP contribution in [0.3, 0.4) is 0 Å². The second kappa shape index (κ2) is 9.61. The molecule has 0 unspecified atom stereocenters. The van der Waals surface area contributed by atoms with E-state index in [4.69, 9.17) is 14.2 Å². The number of ether oxygens (including phenoxy) is 3. The Bertz CT molecular complexity index is 899. The fraction of sp³-hybridized carbons (Fsp3) is 0.278. The van der Waals surface area contributed by atoms with Crippen molar-refractivity contribution in [1.82, 2.24) is 4.83 Å². The maximum atomic E-state index is 12.3. The molecular formula is C18H21BrN2O5S. The standard InChI is InChI=1S/C18H21BrN2O5S/c1-4-25-17-11-13(10-16(19)18(17)26-5-2)12-20-21-27(22,23)15-8-6-14(24-3)7-9-15/h6-12,21H,4-5H2,1-3H3/b20-12-. The molecule has 0 spiro atoms. The maximum absolute atomic E-state index is 12.3. The molecule has 0 saturated heterocycles. The molecule has 2 aromatic rings. The smallest absolute Gasteiger partial charge is 0.276 e. The van der Waals surface area contributed by atoms with Gasteiger partial charge in [0, 0.05) is 0 Å². The van der Waals surface area contributed by atoms with Crippen molar-refractivity contribution in [3.8, 4) is 17.2 Å². The van der Waals surface area contributed by atoms with Gasteiger partial charge in [0.15, 0.2) is 11.5 Å². The molecule has 0 aliphatic heterocycles. The van der Waals surface area contributed by atoms with Crippen LogP contribution in [0.25, 0.3) is 0 Å². The minimum absolute atomic E-state index is 0.0864. The number of hydrazone groups is 1. The Balaban J connectivity index is 2.19. The van der Waals surface area contributed by atoms with Crippen molar-refractivity contribution in [2.45, 2.75) is 18.7 Å². The van der Waals surface area contributed by atoms with Crippen LogP contribution in [0.1, 0.15) is 19.4 Å². The average Bonchev–Trinajstić information content (AvgIpc) is 2.64. The van der Waals surface area contributed by atoms with E-state index in [1.807, 2.05) is 13.8 Å². The molecule has 0 bridgehead atoms. The Morgan fingerprint density at radius 3 is 2.37 bits per heavy atom. The summed E-state index contributed by atoms with van der Waals surface area (Å²) in [5, 5.41) is 3.84. The van der Waals surface area contributed by atoms with E-state index in [-0.39, 0.29) is 4.90 Å². The van der Waals surface area contributed by atoms with E-state index in [9.17, 15) is 8.42 Å². The molecule has 2 aromatic carbocycles. The zero-order valence-corrected chi connectivity index (χ0v) is 17.6. The van der Waals surface area contributed by atoms with E-state index in [1.165, 1.54) is 25.5 Å². The minimum Gasteiger partial charge on any atom is -0.497 e. The summed E-state index contributed by atoms with van der Waals surface area (Å²) in [6.07, 6.45) is 1.39. The number of nitrogens with zero attached hydrogens (tertiary/aromatic N) is 1. The fourth-order valence-electron chi connectivity index (χ4n) is 2.19. The first-order valence-electron chi connectivity index (χ1n) is 8.19. The molecule has 0 aromatic heterocycles. The summed E-state index contributed by atoms with van der Waals surface area (Å²) < 4.78 is 41.4. The van der Waals surface area contributed by atoms with Gasteiger partial charge in [-0.1, -0.05) is 0 Å². The van der Waals surface area contributed by atoms with Crippen LogP contribution < -0.4 is 19.0 Å². The van der Waals surface area contributed by atoms with Crippen molar-refractivity contribution in [2.24, 2.45) is 5.10 Å². The van der Waals surface area contributed by atoms with E-state index in [2.05, 4.69) is 25.9 Å². The highest BCUT2D eigenvalue weighted by Gasteiger charge is 2.13. The lowest BCUT2D eigenvalue weighted by atomic mass is 10.2. The fourth-order valence-corrected chi connectivity index (χ4v) is 3.55. The second-order valence-electron chi connectivity index (χ2n) is 5.22. The highest BCUT2D eigenvalue weighted by molar-refractivity contribution is 9.10. The normalized spacial score (nSPS) is 11.4. The molecule has 0 atom stereocenters. The van der Waals surface area contributed by atoms with Gasteiger partial charge < -0.3 is 14.2 Å². The first kappa shape index (κ1) is 21.0. The van der Waals surface area contributed by atoms with E-state index >= 15 is 0 Å². The maximum Gasteiger partial charge on any atom is 0.276 e. The SMILES string of the molecule is CCOc1cc(/C=N\NS(=O)(=O)c2ccc(OC)cc2)cc(Br)c1OCC. The predicted octanol–water partition coefficient (Wildman–Crippen LogP) is 3.57. The van der Waals surface area contributed by atoms with E-state index in [0.717, 1.165) is 0 Å². The molecule has 1 N–H and O–H groups in total. The minimum atomic E-state index is -3.77. The van der Waals surface area contributed by atoms with Crippen molar-refractivity contribution in [3.05, 3.63) is 46.4 Å². The van der Waals surface area contributed by atoms with E-state index < -0.39 is 10.0 Å². The van der Waals surface area contributed by atoms with Gasteiger partial charge in [0.05, 0.1) is 35.9 Å². The lowest BCUT2D eigenvalue weighted by Crippen LogP contribution is -2.18. The van der Waals surface area contributed by atoms with Crippen molar-refractivity contribution in [2.75, 3.05) is 20.3 Å². The summed E-state index contributed by atoms with van der Waals surface area (Å²) in [6.45, 7) is 4.71. The summed E-state index contributed by atoms with van der Waals surface area (Å²) in [5.41, 5.74) is 0.645. The van der Waals surface area contributed by atoms with Gasteiger partial charge in [-0.2, -0.15) is 13.5 Å². The molecule has 2 rings (SSSR count). The van der Waals surface area contributed by atoms with Crippen molar-refractivity contribution >= 4 is 32.2 Å². The Morgan fingerprint density at radius 1 is 1.11 bits per heavy atom. The van der Waals surface area contributed by atoms with Crippen LogP contribution in [-0.2, 0) is 10.0 Å². The Labute approximate surface area is 167 Å². The molecule has 0 amide bonds. The number of nitrogens with one attached hydrogen (secondary N) is 1. The third kappa shape index (κ3) is 5.61. The largest absolute Gasteiger partial charge is 0.497 e. The molecule has 0 radical (unpaired) electrons. The summed E-state index contributed by atoms with van der Waals surface area (Å²) in [4.78, 5) is 2.27. The summed E-state index contributed by atoms with van der Waals surface area (Å²) in [5.74, 6) is 1.71. The number of sulfonamides is 1. The van der Waals surface area contributed by atoms with Gasteiger partial charge in [-0.3, -0.25) is 0 Å². The topological polar surface area (TPSA) is 86.2 Å². The number of hydrogen-bond donors (Lipinski definition) is 1. The number of benzene rings is 2. The molecule has 27 heavy (non-hydrogen) atoms. The molecule has 7 nitrogen and oxygen atoms in total. The van der Waals surface area contributed by atoms with Crippen molar-refractivity contribution in [3.63, 3.8) is 0 Å². The Kier molecular flexibility index (Phi) is 7.49. The van der Waals surface area contributed by atoms with Crippen LogP contribution >= 0.6 is 15.9 Å². The van der Waals surface area contributed by atoms with Crippen molar-refractivity contribution < 1.29 is 22.6 Å². The zero-order valence-electron chi connectivity index (χ0n) is 15.2. The van der Waals surface area contributed by atoms with Gasteiger partial charge in [-0.15, -0.1) is 0 Å². The Hall–Kier alpha value is -2.26. The van der Waals surface area contributed by atoms with E-state index in [0.29, 0.717) is 40.5 Å². The van der Waals surface area contributed by atoms with Gasteiger partial charge in [0.1, 0.15) is 5.75 Å². The summed E-state index contributed by atoms with van der Waals surface area (Å²) in [7, 11) is -2.26. The summed E-state index contributed by atoms with van der Waals surface area (Å²) in [6, 6.07) is 9.50. The molecular weight excluding hydrogens is 436 g/mol. The van der Waals surface area contributed by atoms with Crippen LogP contribution in [-0.4, -0.2) is 35.0 Å². The lowest BCUT2D eigenvalue weighted by Gasteiger charge is -2.13. The van der Waals surface area contributed by atoms with Gasteiger partial charge in [-0.25, -0.2) is 4.83 Å². The highest BCUT2D eigenvalue weighted by Crippen LogP contribution is 2.36. The van der Waals surface area contributed by atoms with Crippen LogP contribution in [0, 0.1) is 0 Å².